The molecule has 0 aliphatic rings. The first-order valence-electron chi connectivity index (χ1n) is 3.65. The molecule has 0 N–H and O–H groups in total. The quantitative estimate of drug-likeness (QED) is 0.583. The van der Waals surface area contributed by atoms with Crippen LogP contribution in [0.4, 0.5) is 0 Å². The second-order valence-corrected chi connectivity index (χ2v) is 5.14. The Balaban J connectivity index is 2.29. The molecule has 3 heteroatoms. The normalized spacial score (nSPS) is 9.75. The third-order valence-electron chi connectivity index (χ3n) is 1.31. The van der Waals surface area contributed by atoms with Crippen LogP contribution in [0.5, 0.6) is 0 Å². The fraction of sp³-hybridized carbons (Fsp3) is 0.222. The molecule has 0 saturated heterocycles. The molecule has 1 nitrogen and oxygen atoms in total. The summed E-state index contributed by atoms with van der Waals surface area (Å²) in [7, 11) is 0. The molecule has 0 amide bonds. The van der Waals surface area contributed by atoms with E-state index in [4.69, 9.17) is 11.6 Å². The molecule has 1 aromatic rings. The van der Waals surface area contributed by atoms with Gasteiger partial charge in [0.15, 0.2) is 0 Å². The van der Waals surface area contributed by atoms with Gasteiger partial charge in [-0.1, -0.05) is 0 Å². The molecule has 0 fully saturated rings. The van der Waals surface area contributed by atoms with Gasteiger partial charge in [0.05, 0.1) is 0 Å². The first-order valence-corrected chi connectivity index (χ1v) is 6.10. The average Bonchev–Trinajstić information content (AvgIpc) is 2.05. The topological polar surface area (TPSA) is 17.1 Å². The van der Waals surface area contributed by atoms with Gasteiger partial charge in [0.1, 0.15) is 0 Å². The molecule has 0 atom stereocenters. The van der Waals surface area contributed by atoms with E-state index in [-0.39, 0.29) is 5.24 Å². The summed E-state index contributed by atoms with van der Waals surface area (Å²) in [6, 6.07) is 10.2. The van der Waals surface area contributed by atoms with Crippen molar-refractivity contribution in [2.75, 3.05) is 0 Å². The van der Waals surface area contributed by atoms with Gasteiger partial charge in [-0.05, 0) is 0 Å². The zero-order chi connectivity index (χ0) is 8.81. The van der Waals surface area contributed by atoms with E-state index in [2.05, 4.69) is 12.1 Å². The molecule has 0 unspecified atom stereocenters. The zero-order valence-corrected chi connectivity index (χ0v) is 8.96. The van der Waals surface area contributed by atoms with Gasteiger partial charge in [0.25, 0.3) is 0 Å². The maximum atomic E-state index is 10.4. The van der Waals surface area contributed by atoms with Gasteiger partial charge >= 0.3 is 83.1 Å². The first-order chi connectivity index (χ1) is 5.79. The van der Waals surface area contributed by atoms with E-state index in [0.717, 1.165) is 5.32 Å². The van der Waals surface area contributed by atoms with Crippen LogP contribution in [0, 0.1) is 0 Å². The summed E-state index contributed by atoms with van der Waals surface area (Å²) in [6.45, 7) is 0. The van der Waals surface area contributed by atoms with Crippen molar-refractivity contribution in [3.8, 4) is 0 Å². The van der Waals surface area contributed by atoms with Gasteiger partial charge in [-0.2, -0.15) is 0 Å². The van der Waals surface area contributed by atoms with Crippen LogP contribution in [0.25, 0.3) is 0 Å². The van der Waals surface area contributed by atoms with Crippen molar-refractivity contribution in [2.45, 2.75) is 11.7 Å². The Morgan fingerprint density at radius 3 is 2.58 bits per heavy atom. The van der Waals surface area contributed by atoms with E-state index < -0.39 is 0 Å². The van der Waals surface area contributed by atoms with E-state index >= 15 is 0 Å². The third-order valence-corrected chi connectivity index (χ3v) is 3.63. The van der Waals surface area contributed by atoms with Crippen molar-refractivity contribution in [2.24, 2.45) is 0 Å². The van der Waals surface area contributed by atoms with E-state index in [1.54, 1.807) is 0 Å². The van der Waals surface area contributed by atoms with Crippen LogP contribution in [0.15, 0.2) is 30.3 Å². The summed E-state index contributed by atoms with van der Waals surface area (Å²) in [5.74, 6) is 0. The van der Waals surface area contributed by atoms with Crippen molar-refractivity contribution in [3.63, 3.8) is 0 Å². The predicted octanol–water partition coefficient (Wildman–Crippen LogP) is 1.59. The molecule has 0 radical (unpaired) electrons. The summed E-state index contributed by atoms with van der Waals surface area (Å²) >= 11 is 5.61. The number of benzene rings is 1. The molecule has 0 heterocycles. The summed E-state index contributed by atoms with van der Waals surface area (Å²) in [5, 5.41) is 0.673. The summed E-state index contributed by atoms with van der Waals surface area (Å²) in [4.78, 5) is 10.4. The Morgan fingerprint density at radius 2 is 2.00 bits per heavy atom. The summed E-state index contributed by atoms with van der Waals surface area (Å²) in [5.41, 5.74) is 0. The number of carbonyl (C=O) groups is 1. The first kappa shape index (κ1) is 9.78. The van der Waals surface area contributed by atoms with Crippen LogP contribution in [0.1, 0.15) is 6.42 Å². The molecule has 0 aromatic heterocycles. The number of hydrogen-bond acceptors (Lipinski definition) is 1. The molecule has 0 spiro atoms. The second-order valence-electron chi connectivity index (χ2n) is 2.27. The van der Waals surface area contributed by atoms with Crippen LogP contribution in [0.3, 0.4) is 0 Å². The van der Waals surface area contributed by atoms with Crippen molar-refractivity contribution >= 4 is 36.3 Å². The van der Waals surface area contributed by atoms with Crippen LogP contribution >= 0.6 is 11.6 Å². The van der Waals surface area contributed by atoms with E-state index in [1.165, 1.54) is 4.46 Å². The minimum absolute atomic E-state index is 0.229. The number of hydrogen-bond donors (Lipinski definition) is 0. The Hall–Kier alpha value is -0.301. The maximum absolute atomic E-state index is 10.4. The fourth-order valence-corrected chi connectivity index (χ4v) is 2.95. The van der Waals surface area contributed by atoms with E-state index in [0.29, 0.717) is 21.4 Å². The average molecular weight is 248 g/mol. The number of rotatable bonds is 4. The summed E-state index contributed by atoms with van der Waals surface area (Å²) < 4.78 is 1.32. The molecule has 64 valence electrons. The van der Waals surface area contributed by atoms with Crippen molar-refractivity contribution < 1.29 is 4.79 Å². The minimum atomic E-state index is -0.229. The standard InChI is InChI=1S/C9H9ClOSe/c10-9(11)6-7-12-8-4-2-1-3-5-8/h1-5H,6-7H2. The molecule has 1 aromatic carbocycles. The van der Waals surface area contributed by atoms with Gasteiger partial charge in [0.2, 0.25) is 0 Å². The predicted molar refractivity (Wildman–Crippen MR) is 52.1 cm³/mol. The van der Waals surface area contributed by atoms with Crippen LogP contribution in [-0.2, 0) is 4.79 Å². The van der Waals surface area contributed by atoms with E-state index in [1.807, 2.05) is 18.2 Å². The molecule has 0 saturated carbocycles. The fourth-order valence-electron chi connectivity index (χ4n) is 0.766. The Bertz CT molecular complexity index is 248. The number of carbonyl (C=O) groups excluding carboxylic acids is 1. The van der Waals surface area contributed by atoms with Gasteiger partial charge < -0.3 is 0 Å². The molecule has 0 bridgehead atoms. The van der Waals surface area contributed by atoms with Crippen LogP contribution in [0.2, 0.25) is 5.32 Å². The van der Waals surface area contributed by atoms with Crippen LogP contribution < -0.4 is 4.46 Å². The van der Waals surface area contributed by atoms with Crippen LogP contribution in [-0.4, -0.2) is 20.2 Å². The van der Waals surface area contributed by atoms with Gasteiger partial charge in [-0.15, -0.1) is 0 Å². The third kappa shape index (κ3) is 3.91. The van der Waals surface area contributed by atoms with Gasteiger partial charge in [0, 0.05) is 0 Å². The second kappa shape index (κ2) is 5.36. The molecule has 0 aliphatic carbocycles. The summed E-state index contributed by atoms with van der Waals surface area (Å²) in [6.07, 6.45) is 0.496. The Morgan fingerprint density at radius 1 is 1.33 bits per heavy atom. The molecular formula is C9H9ClOSe. The molecule has 0 aliphatic heterocycles. The van der Waals surface area contributed by atoms with Crippen molar-refractivity contribution in [1.29, 1.82) is 0 Å². The van der Waals surface area contributed by atoms with E-state index in [9.17, 15) is 4.79 Å². The number of halogens is 1. The van der Waals surface area contributed by atoms with Crippen molar-refractivity contribution in [3.05, 3.63) is 30.3 Å². The molecular weight excluding hydrogens is 239 g/mol. The Kier molecular flexibility index (Phi) is 4.37. The zero-order valence-electron chi connectivity index (χ0n) is 6.50. The SMILES string of the molecule is O=C(Cl)CC[Se]c1ccccc1. The monoisotopic (exact) mass is 248 g/mol. The van der Waals surface area contributed by atoms with Gasteiger partial charge in [-0.25, -0.2) is 0 Å². The van der Waals surface area contributed by atoms with Crippen molar-refractivity contribution in [1.82, 2.24) is 0 Å². The molecule has 1 rings (SSSR count). The van der Waals surface area contributed by atoms with Gasteiger partial charge in [-0.3, -0.25) is 0 Å². The Labute approximate surface area is 83.3 Å². The molecule has 12 heavy (non-hydrogen) atoms.